The number of hydrogen-bond acceptors (Lipinski definition) is 3. The zero-order chi connectivity index (χ0) is 19.3. The molecule has 1 heterocycles. The molecule has 1 amide bonds. The van der Waals surface area contributed by atoms with Gasteiger partial charge in [-0.1, -0.05) is 25.1 Å². The quantitative estimate of drug-likeness (QED) is 0.379. The van der Waals surface area contributed by atoms with Crippen LogP contribution in [-0.4, -0.2) is 49.0 Å². The number of benzene rings is 1. The highest BCUT2D eigenvalue weighted by atomic mass is 127. The van der Waals surface area contributed by atoms with Crippen molar-refractivity contribution in [2.24, 2.45) is 4.99 Å². The number of nitrogens with one attached hydrogen (secondary N) is 2. The summed E-state index contributed by atoms with van der Waals surface area (Å²) in [6.07, 6.45) is 1.78. The van der Waals surface area contributed by atoms with Crippen molar-refractivity contribution in [2.75, 3.05) is 20.6 Å². The normalized spacial score (nSPS) is 19.0. The van der Waals surface area contributed by atoms with Crippen LogP contribution < -0.4 is 15.4 Å². The van der Waals surface area contributed by atoms with E-state index >= 15 is 0 Å². The number of rotatable bonds is 5. The van der Waals surface area contributed by atoms with Crippen LogP contribution >= 0.6 is 24.0 Å². The number of nitrogens with zero attached hydrogens (tertiary/aromatic N) is 2. The summed E-state index contributed by atoms with van der Waals surface area (Å²) >= 11 is 0. The Kier molecular flexibility index (Phi) is 8.84. The van der Waals surface area contributed by atoms with Crippen LogP contribution in [0.3, 0.4) is 0 Å². The molecule has 0 saturated heterocycles. The van der Waals surface area contributed by atoms with Gasteiger partial charge in [0.05, 0.1) is 6.04 Å². The number of carbonyl (C=O) groups is 1. The van der Waals surface area contributed by atoms with Gasteiger partial charge in [0.15, 0.2) is 5.96 Å². The summed E-state index contributed by atoms with van der Waals surface area (Å²) in [6, 6.07) is 8.41. The van der Waals surface area contributed by atoms with E-state index in [-0.39, 0.29) is 54.1 Å². The lowest BCUT2D eigenvalue weighted by Crippen LogP contribution is -2.47. The van der Waals surface area contributed by atoms with Crippen molar-refractivity contribution in [2.45, 2.75) is 58.2 Å². The maximum atomic E-state index is 11.9. The van der Waals surface area contributed by atoms with Crippen LogP contribution in [0.5, 0.6) is 5.75 Å². The largest absolute Gasteiger partial charge is 0.487 e. The standard InChI is InChI=1S/C20H32N4O2.HI/c1-7-14(2)22-19(21-13-18(25)24(5)6)23-16-12-20(3,4)26-17-11-9-8-10-15(16)17;/h8-11,14,16H,7,12-13H2,1-6H3,(H2,21,22,23);1H. The number of guanidine groups is 1. The van der Waals surface area contributed by atoms with Gasteiger partial charge >= 0.3 is 0 Å². The Labute approximate surface area is 180 Å². The number of hydrogen-bond donors (Lipinski definition) is 2. The molecule has 2 rings (SSSR count). The van der Waals surface area contributed by atoms with Crippen LogP contribution in [0.25, 0.3) is 0 Å². The summed E-state index contributed by atoms with van der Waals surface area (Å²) in [5.74, 6) is 1.53. The highest BCUT2D eigenvalue weighted by Gasteiger charge is 2.34. The van der Waals surface area contributed by atoms with Crippen molar-refractivity contribution in [1.82, 2.24) is 15.5 Å². The van der Waals surface area contributed by atoms with Crippen LogP contribution in [0.1, 0.15) is 52.1 Å². The molecule has 0 radical (unpaired) electrons. The molecule has 0 saturated carbocycles. The second-order valence-corrected chi connectivity index (χ2v) is 7.71. The summed E-state index contributed by atoms with van der Waals surface area (Å²) in [6.45, 7) is 8.52. The van der Waals surface area contributed by atoms with Gasteiger partial charge in [-0.25, -0.2) is 4.99 Å². The van der Waals surface area contributed by atoms with E-state index in [0.717, 1.165) is 24.2 Å². The highest BCUT2D eigenvalue weighted by molar-refractivity contribution is 14.0. The van der Waals surface area contributed by atoms with Crippen LogP contribution in [-0.2, 0) is 4.79 Å². The number of fused-ring (bicyclic) bond motifs is 1. The molecule has 1 aromatic carbocycles. The maximum absolute atomic E-state index is 11.9. The lowest BCUT2D eigenvalue weighted by Gasteiger charge is -2.38. The van der Waals surface area contributed by atoms with Crippen molar-refractivity contribution < 1.29 is 9.53 Å². The summed E-state index contributed by atoms with van der Waals surface area (Å²) < 4.78 is 6.10. The third-order valence-corrected chi connectivity index (χ3v) is 4.55. The SMILES string of the molecule is CCC(C)NC(=NCC(=O)N(C)C)NC1CC(C)(C)Oc2ccccc21.I. The second-order valence-electron chi connectivity index (χ2n) is 7.71. The van der Waals surface area contributed by atoms with Gasteiger partial charge in [0.2, 0.25) is 5.91 Å². The predicted octanol–water partition coefficient (Wildman–Crippen LogP) is 3.33. The molecule has 2 atom stereocenters. The Balaban J connectivity index is 0.00000364. The Bertz CT molecular complexity index is 661. The fourth-order valence-corrected chi connectivity index (χ4v) is 2.85. The minimum Gasteiger partial charge on any atom is -0.487 e. The fourth-order valence-electron chi connectivity index (χ4n) is 2.85. The summed E-state index contributed by atoms with van der Waals surface area (Å²) in [5, 5.41) is 6.91. The van der Waals surface area contributed by atoms with E-state index in [0.29, 0.717) is 5.96 Å². The minimum absolute atomic E-state index is 0. The molecule has 27 heavy (non-hydrogen) atoms. The molecule has 6 nitrogen and oxygen atoms in total. The molecule has 1 aromatic rings. The molecular weight excluding hydrogens is 455 g/mol. The number of likely N-dealkylation sites (N-methyl/N-ethyl adjacent to an activating group) is 1. The topological polar surface area (TPSA) is 66.0 Å². The van der Waals surface area contributed by atoms with Crippen LogP contribution in [0.15, 0.2) is 29.3 Å². The first-order valence-corrected chi connectivity index (χ1v) is 9.27. The van der Waals surface area contributed by atoms with Crippen molar-refractivity contribution in [1.29, 1.82) is 0 Å². The van der Waals surface area contributed by atoms with Gasteiger partial charge in [0.25, 0.3) is 0 Å². The molecule has 0 bridgehead atoms. The molecule has 1 aliphatic heterocycles. The number of halogens is 1. The summed E-state index contributed by atoms with van der Waals surface area (Å²) in [5.41, 5.74) is 0.844. The van der Waals surface area contributed by atoms with Gasteiger partial charge in [-0.15, -0.1) is 24.0 Å². The molecule has 0 fully saturated rings. The highest BCUT2D eigenvalue weighted by Crippen LogP contribution is 2.39. The van der Waals surface area contributed by atoms with Crippen LogP contribution in [0.2, 0.25) is 0 Å². The fraction of sp³-hybridized carbons (Fsp3) is 0.600. The van der Waals surface area contributed by atoms with Gasteiger partial charge in [-0.05, 0) is 33.3 Å². The molecular formula is C20H33IN4O2. The van der Waals surface area contributed by atoms with Crippen molar-refractivity contribution in [3.05, 3.63) is 29.8 Å². The monoisotopic (exact) mass is 488 g/mol. The second kappa shape index (κ2) is 10.1. The Hall–Kier alpha value is -1.51. The average molecular weight is 488 g/mol. The van der Waals surface area contributed by atoms with E-state index in [1.807, 2.05) is 18.2 Å². The zero-order valence-electron chi connectivity index (χ0n) is 17.2. The van der Waals surface area contributed by atoms with Crippen molar-refractivity contribution in [3.8, 4) is 5.75 Å². The molecule has 1 aliphatic rings. The Morgan fingerprint density at radius 3 is 2.67 bits per heavy atom. The van der Waals surface area contributed by atoms with E-state index < -0.39 is 0 Å². The third-order valence-electron chi connectivity index (χ3n) is 4.55. The molecule has 2 unspecified atom stereocenters. The first-order valence-electron chi connectivity index (χ1n) is 9.27. The molecule has 152 valence electrons. The van der Waals surface area contributed by atoms with E-state index in [4.69, 9.17) is 4.74 Å². The van der Waals surface area contributed by atoms with Crippen LogP contribution in [0.4, 0.5) is 0 Å². The van der Waals surface area contributed by atoms with Gasteiger partial charge in [0, 0.05) is 32.1 Å². The molecule has 2 N–H and O–H groups in total. The average Bonchev–Trinajstić information content (AvgIpc) is 2.58. The Morgan fingerprint density at radius 1 is 1.37 bits per heavy atom. The number of aliphatic imine (C=N–C) groups is 1. The van der Waals surface area contributed by atoms with Gasteiger partial charge in [0.1, 0.15) is 17.9 Å². The van der Waals surface area contributed by atoms with Crippen LogP contribution in [0, 0.1) is 0 Å². The zero-order valence-corrected chi connectivity index (χ0v) is 19.5. The van der Waals surface area contributed by atoms with E-state index in [9.17, 15) is 4.79 Å². The van der Waals surface area contributed by atoms with E-state index in [1.54, 1.807) is 19.0 Å². The number of ether oxygens (including phenoxy) is 1. The third kappa shape index (κ3) is 6.86. The smallest absolute Gasteiger partial charge is 0.243 e. The van der Waals surface area contributed by atoms with E-state index in [1.165, 1.54) is 0 Å². The first kappa shape index (κ1) is 23.5. The first-order chi connectivity index (χ1) is 12.2. The Morgan fingerprint density at radius 2 is 2.04 bits per heavy atom. The van der Waals surface area contributed by atoms with Crippen molar-refractivity contribution in [3.63, 3.8) is 0 Å². The molecule has 7 heteroatoms. The summed E-state index contributed by atoms with van der Waals surface area (Å²) in [4.78, 5) is 18.0. The molecule has 0 spiro atoms. The maximum Gasteiger partial charge on any atom is 0.243 e. The lowest BCUT2D eigenvalue weighted by molar-refractivity contribution is -0.127. The van der Waals surface area contributed by atoms with Gasteiger partial charge in [-0.2, -0.15) is 0 Å². The van der Waals surface area contributed by atoms with Gasteiger partial charge < -0.3 is 20.3 Å². The number of amides is 1. The minimum atomic E-state index is -0.271. The predicted molar refractivity (Wildman–Crippen MR) is 121 cm³/mol. The lowest BCUT2D eigenvalue weighted by atomic mass is 9.90. The van der Waals surface area contributed by atoms with E-state index in [2.05, 4.69) is 49.4 Å². The summed E-state index contributed by atoms with van der Waals surface area (Å²) in [7, 11) is 3.48. The van der Waals surface area contributed by atoms with Crippen molar-refractivity contribution >= 4 is 35.8 Å². The van der Waals surface area contributed by atoms with Gasteiger partial charge in [-0.3, -0.25) is 4.79 Å². The number of carbonyl (C=O) groups excluding carboxylic acids is 1. The number of para-hydroxylation sites is 1. The molecule has 0 aliphatic carbocycles. The molecule has 0 aromatic heterocycles.